The molecule has 4 heteroatoms. The summed E-state index contributed by atoms with van der Waals surface area (Å²) in [6.07, 6.45) is 0. The second-order valence-corrected chi connectivity index (χ2v) is 4.59. The summed E-state index contributed by atoms with van der Waals surface area (Å²) in [5.41, 5.74) is 6.87. The Balaban J connectivity index is 3.15. The number of halogens is 2. The maximum absolute atomic E-state index is 6.10. The van der Waals surface area contributed by atoms with Gasteiger partial charge in [-0.05, 0) is 17.5 Å². The Hall–Kier alpha value is -0.440. The molecular formula is C11H15Cl2NO. The van der Waals surface area contributed by atoms with Gasteiger partial charge in [-0.25, -0.2) is 0 Å². The van der Waals surface area contributed by atoms with E-state index in [1.54, 1.807) is 19.2 Å². The summed E-state index contributed by atoms with van der Waals surface area (Å²) < 4.78 is 5.06. The topological polar surface area (TPSA) is 35.2 Å². The third-order valence-corrected chi connectivity index (χ3v) is 2.97. The minimum absolute atomic E-state index is 0.110. The normalized spacial score (nSPS) is 13.0. The lowest BCUT2D eigenvalue weighted by Gasteiger charge is -2.18. The summed E-state index contributed by atoms with van der Waals surface area (Å²) in [7, 11) is 1.56. The third kappa shape index (κ3) is 2.77. The predicted molar refractivity (Wildman–Crippen MR) is 64.8 cm³/mol. The van der Waals surface area contributed by atoms with Crippen molar-refractivity contribution in [2.24, 2.45) is 11.7 Å². The molecule has 0 radical (unpaired) electrons. The van der Waals surface area contributed by atoms with Crippen LogP contribution in [0.15, 0.2) is 12.1 Å². The Morgan fingerprint density at radius 3 is 2.27 bits per heavy atom. The molecule has 2 N–H and O–H groups in total. The minimum atomic E-state index is -0.110. The van der Waals surface area contributed by atoms with E-state index < -0.39 is 0 Å². The van der Waals surface area contributed by atoms with Crippen LogP contribution in [0.3, 0.4) is 0 Å². The zero-order chi connectivity index (χ0) is 11.6. The van der Waals surface area contributed by atoms with E-state index in [-0.39, 0.29) is 6.04 Å². The summed E-state index contributed by atoms with van der Waals surface area (Å²) in [4.78, 5) is 0. The van der Waals surface area contributed by atoms with Crippen LogP contribution in [0.5, 0.6) is 5.75 Å². The van der Waals surface area contributed by atoms with Crippen molar-refractivity contribution in [2.45, 2.75) is 19.9 Å². The van der Waals surface area contributed by atoms with Crippen LogP contribution in [0.4, 0.5) is 0 Å². The van der Waals surface area contributed by atoms with E-state index in [9.17, 15) is 0 Å². The van der Waals surface area contributed by atoms with Crippen LogP contribution in [0.2, 0.25) is 10.0 Å². The summed E-state index contributed by atoms with van der Waals surface area (Å²) in [6.45, 7) is 4.08. The molecule has 0 aliphatic carbocycles. The van der Waals surface area contributed by atoms with Crippen LogP contribution in [0, 0.1) is 5.92 Å². The SMILES string of the molecule is COc1cc(Cl)c(C(N)C(C)C)cc1Cl. The molecule has 1 aromatic rings. The molecule has 0 amide bonds. The van der Waals surface area contributed by atoms with Gasteiger partial charge in [0.1, 0.15) is 5.75 Å². The zero-order valence-corrected chi connectivity index (χ0v) is 10.6. The Morgan fingerprint density at radius 2 is 1.80 bits per heavy atom. The number of benzene rings is 1. The van der Waals surface area contributed by atoms with Crippen LogP contribution in [0.25, 0.3) is 0 Å². The summed E-state index contributed by atoms with van der Waals surface area (Å²) >= 11 is 12.1. The highest BCUT2D eigenvalue weighted by atomic mass is 35.5. The quantitative estimate of drug-likeness (QED) is 0.885. The predicted octanol–water partition coefficient (Wildman–Crippen LogP) is 3.66. The molecule has 1 unspecified atom stereocenters. The second kappa shape index (κ2) is 5.06. The first-order valence-corrected chi connectivity index (χ1v) is 5.51. The molecule has 0 spiro atoms. The third-order valence-electron chi connectivity index (χ3n) is 2.35. The van der Waals surface area contributed by atoms with E-state index in [2.05, 4.69) is 0 Å². The average molecular weight is 248 g/mol. The van der Waals surface area contributed by atoms with Gasteiger partial charge >= 0.3 is 0 Å². The lowest BCUT2D eigenvalue weighted by molar-refractivity contribution is 0.414. The van der Waals surface area contributed by atoms with Crippen LogP contribution < -0.4 is 10.5 Å². The first kappa shape index (κ1) is 12.6. The molecule has 1 atom stereocenters. The lowest BCUT2D eigenvalue weighted by atomic mass is 9.97. The molecule has 0 aromatic heterocycles. The van der Waals surface area contributed by atoms with Gasteiger partial charge in [0.2, 0.25) is 0 Å². The van der Waals surface area contributed by atoms with Gasteiger partial charge in [-0.1, -0.05) is 37.0 Å². The lowest BCUT2D eigenvalue weighted by Crippen LogP contribution is -2.17. The van der Waals surface area contributed by atoms with Gasteiger partial charge in [-0.2, -0.15) is 0 Å². The van der Waals surface area contributed by atoms with Crippen molar-refractivity contribution in [3.05, 3.63) is 27.7 Å². The van der Waals surface area contributed by atoms with Crippen molar-refractivity contribution in [2.75, 3.05) is 7.11 Å². The first-order valence-electron chi connectivity index (χ1n) is 4.76. The highest BCUT2D eigenvalue weighted by Gasteiger charge is 2.16. The number of rotatable bonds is 3. The summed E-state index contributed by atoms with van der Waals surface area (Å²) in [6, 6.07) is 3.36. The number of methoxy groups -OCH3 is 1. The summed E-state index contributed by atoms with van der Waals surface area (Å²) in [5.74, 6) is 0.883. The van der Waals surface area contributed by atoms with Crippen molar-refractivity contribution in [3.8, 4) is 5.75 Å². The maximum atomic E-state index is 6.10. The average Bonchev–Trinajstić information content (AvgIpc) is 2.19. The van der Waals surface area contributed by atoms with Crippen molar-refractivity contribution >= 4 is 23.2 Å². The van der Waals surface area contributed by atoms with Crippen molar-refractivity contribution in [3.63, 3.8) is 0 Å². The van der Waals surface area contributed by atoms with Gasteiger partial charge in [-0.15, -0.1) is 0 Å². The Morgan fingerprint density at radius 1 is 1.20 bits per heavy atom. The first-order chi connectivity index (χ1) is 6.97. The number of hydrogen-bond acceptors (Lipinski definition) is 2. The van der Waals surface area contributed by atoms with Crippen LogP contribution >= 0.6 is 23.2 Å². The van der Waals surface area contributed by atoms with Gasteiger partial charge in [-0.3, -0.25) is 0 Å². The Bertz CT molecular complexity index is 353. The van der Waals surface area contributed by atoms with E-state index in [1.807, 2.05) is 13.8 Å². The fourth-order valence-corrected chi connectivity index (χ4v) is 1.84. The standard InChI is InChI=1S/C11H15Cl2NO/c1-6(2)11(14)7-4-9(13)10(15-3)5-8(7)12/h4-6,11H,14H2,1-3H3. The molecule has 0 aliphatic heterocycles. The Labute approximate surface area is 100 Å². The Kier molecular flexibility index (Phi) is 4.26. The van der Waals surface area contributed by atoms with E-state index in [0.29, 0.717) is 21.7 Å². The zero-order valence-electron chi connectivity index (χ0n) is 9.05. The molecule has 0 bridgehead atoms. The van der Waals surface area contributed by atoms with E-state index >= 15 is 0 Å². The smallest absolute Gasteiger partial charge is 0.138 e. The highest BCUT2D eigenvalue weighted by molar-refractivity contribution is 6.34. The van der Waals surface area contributed by atoms with Gasteiger partial charge in [0, 0.05) is 17.1 Å². The van der Waals surface area contributed by atoms with Gasteiger partial charge in [0.25, 0.3) is 0 Å². The number of nitrogens with two attached hydrogens (primary N) is 1. The molecule has 0 saturated heterocycles. The molecule has 0 fully saturated rings. The molecular weight excluding hydrogens is 233 g/mol. The molecule has 2 nitrogen and oxygen atoms in total. The van der Waals surface area contributed by atoms with Gasteiger partial charge in [0.15, 0.2) is 0 Å². The number of ether oxygens (including phenoxy) is 1. The van der Waals surface area contributed by atoms with E-state index in [4.69, 9.17) is 33.7 Å². The molecule has 0 aliphatic rings. The van der Waals surface area contributed by atoms with Crippen LogP contribution in [-0.2, 0) is 0 Å². The largest absolute Gasteiger partial charge is 0.495 e. The minimum Gasteiger partial charge on any atom is -0.495 e. The maximum Gasteiger partial charge on any atom is 0.138 e. The fraction of sp³-hybridized carbons (Fsp3) is 0.455. The van der Waals surface area contributed by atoms with Crippen LogP contribution in [0.1, 0.15) is 25.5 Å². The van der Waals surface area contributed by atoms with Crippen molar-refractivity contribution < 1.29 is 4.74 Å². The molecule has 0 heterocycles. The van der Waals surface area contributed by atoms with Crippen molar-refractivity contribution in [1.29, 1.82) is 0 Å². The molecule has 1 rings (SSSR count). The van der Waals surface area contributed by atoms with Gasteiger partial charge in [0.05, 0.1) is 12.1 Å². The fourth-order valence-electron chi connectivity index (χ4n) is 1.31. The van der Waals surface area contributed by atoms with E-state index in [1.165, 1.54) is 0 Å². The monoisotopic (exact) mass is 247 g/mol. The van der Waals surface area contributed by atoms with E-state index in [0.717, 1.165) is 5.56 Å². The molecule has 0 saturated carbocycles. The second-order valence-electron chi connectivity index (χ2n) is 3.78. The number of hydrogen-bond donors (Lipinski definition) is 1. The summed E-state index contributed by atoms with van der Waals surface area (Å²) in [5, 5.41) is 1.13. The highest BCUT2D eigenvalue weighted by Crippen LogP contribution is 2.35. The molecule has 15 heavy (non-hydrogen) atoms. The molecule has 84 valence electrons. The van der Waals surface area contributed by atoms with Gasteiger partial charge < -0.3 is 10.5 Å². The van der Waals surface area contributed by atoms with Crippen molar-refractivity contribution in [1.82, 2.24) is 0 Å². The molecule has 1 aromatic carbocycles. The van der Waals surface area contributed by atoms with Crippen LogP contribution in [-0.4, -0.2) is 7.11 Å².